The highest BCUT2D eigenvalue weighted by Crippen LogP contribution is 2.31. The molecule has 0 N–H and O–H groups in total. The SMILES string of the molecule is Cc1ccc(S(=O)(=O)OCC(C)(F)C(C)(C)F)cc1. The van der Waals surface area contributed by atoms with Crippen LogP contribution >= 0.6 is 0 Å². The minimum absolute atomic E-state index is 0.0782. The van der Waals surface area contributed by atoms with Crippen molar-refractivity contribution in [2.24, 2.45) is 0 Å². The van der Waals surface area contributed by atoms with Crippen LogP contribution in [-0.2, 0) is 14.3 Å². The lowest BCUT2D eigenvalue weighted by molar-refractivity contribution is -0.0310. The lowest BCUT2D eigenvalue weighted by Crippen LogP contribution is -2.44. The molecule has 1 aromatic carbocycles. The molecule has 0 aliphatic carbocycles. The van der Waals surface area contributed by atoms with Gasteiger partial charge in [-0.15, -0.1) is 0 Å². The van der Waals surface area contributed by atoms with Crippen LogP contribution < -0.4 is 0 Å². The normalized spacial score (nSPS) is 16.1. The predicted octanol–water partition coefficient (Wildman–Crippen LogP) is 3.18. The molecule has 3 nitrogen and oxygen atoms in total. The summed E-state index contributed by atoms with van der Waals surface area (Å²) in [6.45, 7) is 3.98. The van der Waals surface area contributed by atoms with E-state index in [1.165, 1.54) is 12.1 Å². The number of alkyl halides is 2. The molecule has 0 spiro atoms. The van der Waals surface area contributed by atoms with Crippen LogP contribution in [0.4, 0.5) is 8.78 Å². The molecule has 108 valence electrons. The van der Waals surface area contributed by atoms with Crippen LogP contribution in [0.1, 0.15) is 26.3 Å². The fraction of sp³-hybridized carbons (Fsp3) is 0.538. The van der Waals surface area contributed by atoms with Gasteiger partial charge in [0.2, 0.25) is 0 Å². The van der Waals surface area contributed by atoms with Gasteiger partial charge in [-0.25, -0.2) is 8.78 Å². The second-order valence-corrected chi connectivity index (χ2v) is 6.81. The zero-order valence-electron chi connectivity index (χ0n) is 11.4. The molecule has 1 unspecified atom stereocenters. The first-order valence-electron chi connectivity index (χ1n) is 5.80. The number of benzene rings is 1. The Kier molecular flexibility index (Phi) is 4.37. The zero-order chi connectivity index (χ0) is 14.9. The molecule has 0 aliphatic rings. The third-order valence-corrected chi connectivity index (χ3v) is 4.31. The molecular formula is C13H18F2O3S. The lowest BCUT2D eigenvalue weighted by atomic mass is 9.92. The van der Waals surface area contributed by atoms with E-state index in [0.717, 1.165) is 26.3 Å². The van der Waals surface area contributed by atoms with Gasteiger partial charge in [-0.3, -0.25) is 4.18 Å². The van der Waals surface area contributed by atoms with Crippen LogP contribution in [0.2, 0.25) is 0 Å². The Balaban J connectivity index is 2.85. The quantitative estimate of drug-likeness (QED) is 0.783. The van der Waals surface area contributed by atoms with Crippen molar-refractivity contribution in [1.82, 2.24) is 0 Å². The molecule has 0 aromatic heterocycles. The van der Waals surface area contributed by atoms with Gasteiger partial charge in [0.05, 0.1) is 4.90 Å². The van der Waals surface area contributed by atoms with E-state index in [9.17, 15) is 17.2 Å². The summed E-state index contributed by atoms with van der Waals surface area (Å²) in [7, 11) is -4.08. The fourth-order valence-electron chi connectivity index (χ4n) is 1.13. The number of halogens is 2. The van der Waals surface area contributed by atoms with Gasteiger partial charge < -0.3 is 0 Å². The van der Waals surface area contributed by atoms with E-state index in [0.29, 0.717) is 0 Å². The number of hydrogen-bond donors (Lipinski definition) is 0. The Morgan fingerprint density at radius 3 is 2.00 bits per heavy atom. The van der Waals surface area contributed by atoms with Crippen LogP contribution in [-0.4, -0.2) is 26.4 Å². The average Bonchev–Trinajstić information content (AvgIpc) is 2.26. The van der Waals surface area contributed by atoms with E-state index >= 15 is 0 Å². The van der Waals surface area contributed by atoms with E-state index in [-0.39, 0.29) is 4.90 Å². The summed E-state index contributed by atoms with van der Waals surface area (Å²) in [5.41, 5.74) is -3.71. The summed E-state index contributed by atoms with van der Waals surface area (Å²) in [6.07, 6.45) is 0. The molecule has 0 heterocycles. The first-order chi connectivity index (χ1) is 8.46. The first kappa shape index (κ1) is 16.0. The van der Waals surface area contributed by atoms with Crippen molar-refractivity contribution in [3.8, 4) is 0 Å². The van der Waals surface area contributed by atoms with E-state index < -0.39 is 28.1 Å². The molecule has 1 rings (SSSR count). The van der Waals surface area contributed by atoms with Crippen molar-refractivity contribution in [2.45, 2.75) is 43.9 Å². The van der Waals surface area contributed by atoms with Crippen molar-refractivity contribution in [3.05, 3.63) is 29.8 Å². The van der Waals surface area contributed by atoms with E-state index in [4.69, 9.17) is 0 Å². The fourth-order valence-corrected chi connectivity index (χ4v) is 2.11. The van der Waals surface area contributed by atoms with E-state index in [1.807, 2.05) is 6.92 Å². The summed E-state index contributed by atoms with van der Waals surface area (Å²) in [6, 6.07) is 5.93. The highest BCUT2D eigenvalue weighted by Gasteiger charge is 2.43. The zero-order valence-corrected chi connectivity index (χ0v) is 12.2. The van der Waals surface area contributed by atoms with Crippen LogP contribution in [0.3, 0.4) is 0 Å². The molecule has 0 fully saturated rings. The standard InChI is InChI=1S/C13H18F2O3S/c1-10-5-7-11(8-6-10)19(16,17)18-9-13(4,15)12(2,3)14/h5-8H,9H2,1-4H3. The molecule has 19 heavy (non-hydrogen) atoms. The minimum atomic E-state index is -4.08. The Morgan fingerprint density at radius 1 is 1.11 bits per heavy atom. The van der Waals surface area contributed by atoms with Gasteiger partial charge in [0, 0.05) is 0 Å². The van der Waals surface area contributed by atoms with Crippen molar-refractivity contribution < 1.29 is 21.4 Å². The molecule has 0 amide bonds. The summed E-state index contributed by atoms with van der Waals surface area (Å²) in [5, 5.41) is 0. The largest absolute Gasteiger partial charge is 0.297 e. The number of rotatable bonds is 5. The number of hydrogen-bond acceptors (Lipinski definition) is 3. The highest BCUT2D eigenvalue weighted by molar-refractivity contribution is 7.86. The molecule has 0 aliphatic heterocycles. The molecule has 6 heteroatoms. The van der Waals surface area contributed by atoms with Crippen LogP contribution in [0.25, 0.3) is 0 Å². The van der Waals surface area contributed by atoms with Crippen LogP contribution in [0.15, 0.2) is 29.2 Å². The lowest BCUT2D eigenvalue weighted by Gasteiger charge is -2.29. The minimum Gasteiger partial charge on any atom is -0.263 e. The molecule has 0 radical (unpaired) electrons. The van der Waals surface area contributed by atoms with Gasteiger partial charge in [0.25, 0.3) is 10.1 Å². The molecule has 1 aromatic rings. The third-order valence-electron chi connectivity index (χ3n) is 3.03. The van der Waals surface area contributed by atoms with Gasteiger partial charge in [0.1, 0.15) is 12.3 Å². The Bertz CT molecular complexity index is 528. The molecule has 0 saturated heterocycles. The van der Waals surface area contributed by atoms with Gasteiger partial charge in [-0.05, 0) is 39.8 Å². The Labute approximate surface area is 112 Å². The molecular weight excluding hydrogens is 274 g/mol. The summed E-state index contributed by atoms with van der Waals surface area (Å²) in [4.78, 5) is -0.0782. The van der Waals surface area contributed by atoms with Crippen molar-refractivity contribution in [3.63, 3.8) is 0 Å². The van der Waals surface area contributed by atoms with E-state index in [2.05, 4.69) is 4.18 Å². The Hall–Kier alpha value is -1.01. The summed E-state index contributed by atoms with van der Waals surface area (Å²) < 4.78 is 55.7. The molecule has 1 atom stereocenters. The second kappa shape index (κ2) is 5.17. The summed E-state index contributed by atoms with van der Waals surface area (Å²) >= 11 is 0. The molecule has 0 saturated carbocycles. The average molecular weight is 292 g/mol. The maximum atomic E-state index is 13.9. The monoisotopic (exact) mass is 292 g/mol. The van der Waals surface area contributed by atoms with Crippen LogP contribution in [0, 0.1) is 6.92 Å². The highest BCUT2D eigenvalue weighted by atomic mass is 32.2. The van der Waals surface area contributed by atoms with Gasteiger partial charge in [-0.1, -0.05) is 17.7 Å². The van der Waals surface area contributed by atoms with E-state index in [1.54, 1.807) is 12.1 Å². The second-order valence-electron chi connectivity index (χ2n) is 5.20. The van der Waals surface area contributed by atoms with Gasteiger partial charge in [0.15, 0.2) is 5.67 Å². The smallest absolute Gasteiger partial charge is 0.263 e. The van der Waals surface area contributed by atoms with Gasteiger partial charge >= 0.3 is 0 Å². The molecule has 0 bridgehead atoms. The number of aryl methyl sites for hydroxylation is 1. The van der Waals surface area contributed by atoms with Gasteiger partial charge in [-0.2, -0.15) is 8.42 Å². The summed E-state index contributed by atoms with van der Waals surface area (Å²) in [5.74, 6) is 0. The van der Waals surface area contributed by atoms with Crippen molar-refractivity contribution in [2.75, 3.05) is 6.61 Å². The Morgan fingerprint density at radius 2 is 1.58 bits per heavy atom. The first-order valence-corrected chi connectivity index (χ1v) is 7.20. The third kappa shape index (κ3) is 3.98. The topological polar surface area (TPSA) is 43.4 Å². The maximum absolute atomic E-state index is 13.9. The van der Waals surface area contributed by atoms with Crippen molar-refractivity contribution in [1.29, 1.82) is 0 Å². The maximum Gasteiger partial charge on any atom is 0.297 e. The van der Waals surface area contributed by atoms with Crippen LogP contribution in [0.5, 0.6) is 0 Å². The van der Waals surface area contributed by atoms with Crippen molar-refractivity contribution >= 4 is 10.1 Å². The predicted molar refractivity (Wildman–Crippen MR) is 69.0 cm³/mol.